The van der Waals surface area contributed by atoms with Gasteiger partial charge in [0.15, 0.2) is 17.5 Å². The van der Waals surface area contributed by atoms with Crippen LogP contribution in [-0.4, -0.2) is 91.6 Å². The highest BCUT2D eigenvalue weighted by atomic mass is 32.2. The molecular formula is C27H31F3N4O6S. The second-order valence-corrected chi connectivity index (χ2v) is 11.4. The van der Waals surface area contributed by atoms with Gasteiger partial charge in [-0.05, 0) is 30.7 Å². The van der Waals surface area contributed by atoms with Gasteiger partial charge in [-0.1, -0.05) is 11.3 Å². The van der Waals surface area contributed by atoms with Gasteiger partial charge in [-0.3, -0.25) is 4.98 Å². The minimum Gasteiger partial charge on any atom is -0.394 e. The molecule has 1 aromatic carbocycles. The summed E-state index contributed by atoms with van der Waals surface area (Å²) in [5.41, 5.74) is -0.533. The number of halogens is 3. The van der Waals surface area contributed by atoms with Crippen LogP contribution < -0.4 is 0 Å². The van der Waals surface area contributed by atoms with E-state index >= 15 is 0 Å². The van der Waals surface area contributed by atoms with Gasteiger partial charge in [0, 0.05) is 44.9 Å². The minimum absolute atomic E-state index is 0.0274. The highest BCUT2D eigenvalue weighted by Gasteiger charge is 2.51. The zero-order valence-electron chi connectivity index (χ0n) is 22.4. The fourth-order valence-electron chi connectivity index (χ4n) is 5.32. The average molecular weight is 597 g/mol. The van der Waals surface area contributed by atoms with E-state index in [0.717, 1.165) is 17.7 Å². The van der Waals surface area contributed by atoms with Crippen LogP contribution in [0.25, 0.3) is 11.3 Å². The van der Waals surface area contributed by atoms with E-state index < -0.39 is 64.7 Å². The van der Waals surface area contributed by atoms with Crippen molar-refractivity contribution in [2.45, 2.75) is 60.4 Å². The molecule has 0 unspecified atom stereocenters. The lowest BCUT2D eigenvalue weighted by molar-refractivity contribution is -0.186. The van der Waals surface area contributed by atoms with Crippen molar-refractivity contribution in [2.75, 3.05) is 26.9 Å². The maximum absolute atomic E-state index is 13.9. The fourth-order valence-corrected chi connectivity index (χ4v) is 7.09. The lowest BCUT2D eigenvalue weighted by atomic mass is 9.87. The van der Waals surface area contributed by atoms with Crippen LogP contribution in [0, 0.1) is 24.4 Å². The number of ether oxygens (including phenoxy) is 3. The van der Waals surface area contributed by atoms with Gasteiger partial charge >= 0.3 is 0 Å². The second kappa shape index (κ2) is 12.3. The molecule has 3 aromatic rings. The number of methoxy groups -OCH3 is 1. The Labute approximate surface area is 238 Å². The summed E-state index contributed by atoms with van der Waals surface area (Å²) in [5, 5.41) is 40.5. The second-order valence-electron chi connectivity index (χ2n) is 10.2. The maximum Gasteiger partial charge on any atom is 0.194 e. The lowest BCUT2D eigenvalue weighted by Gasteiger charge is -2.46. The Kier molecular flexibility index (Phi) is 8.99. The lowest BCUT2D eigenvalue weighted by Crippen LogP contribution is -2.56. The zero-order chi connectivity index (χ0) is 29.3. The van der Waals surface area contributed by atoms with Gasteiger partial charge in [-0.2, -0.15) is 0 Å². The number of hydrogen-bond acceptors (Lipinski definition) is 10. The van der Waals surface area contributed by atoms with Gasteiger partial charge < -0.3 is 29.5 Å². The Balaban J connectivity index is 1.50. The van der Waals surface area contributed by atoms with E-state index in [4.69, 9.17) is 14.2 Å². The molecule has 0 amide bonds. The molecule has 2 saturated heterocycles. The molecule has 10 nitrogen and oxygen atoms in total. The number of rotatable bonds is 8. The van der Waals surface area contributed by atoms with Gasteiger partial charge in [0.2, 0.25) is 0 Å². The Hall–Kier alpha value is -2.59. The molecule has 41 heavy (non-hydrogen) atoms. The molecule has 3 N–H and O–H groups in total. The van der Waals surface area contributed by atoms with Crippen molar-refractivity contribution in [1.82, 2.24) is 20.0 Å². The predicted octanol–water partition coefficient (Wildman–Crippen LogP) is 2.72. The summed E-state index contributed by atoms with van der Waals surface area (Å²) in [4.78, 5) is 4.57. The normalized spacial score (nSPS) is 27.1. The van der Waals surface area contributed by atoms with Crippen LogP contribution in [0.1, 0.15) is 35.4 Å². The molecule has 6 atom stereocenters. The van der Waals surface area contributed by atoms with Crippen LogP contribution in [0.3, 0.4) is 0 Å². The standard InChI is InChI=1S/C27H31F3N4O6S/c1-14-4-3-7-31-21(14)25(27(37)5-8-39-9-6-27)41-26-24(38-2)22(23(36)19(13-35)40-26)34-12-18(32-33-34)15-10-16(28)20(30)17(29)11-15/h3-4,7,10-12,19,22-26,35-37H,5-6,8-9,13H2,1-2H3/t19-,22+,23+,24-,25-,26+/m1/s1. The third-order valence-corrected chi connectivity index (χ3v) is 9.19. The summed E-state index contributed by atoms with van der Waals surface area (Å²) in [7, 11) is 1.42. The molecule has 0 aliphatic carbocycles. The number of thioether (sulfide) groups is 1. The van der Waals surface area contributed by atoms with Gasteiger partial charge in [-0.15, -0.1) is 16.9 Å². The van der Waals surface area contributed by atoms with Crippen molar-refractivity contribution < 1.29 is 42.7 Å². The largest absolute Gasteiger partial charge is 0.394 e. The first-order valence-electron chi connectivity index (χ1n) is 13.1. The molecule has 0 bridgehead atoms. The molecule has 0 radical (unpaired) electrons. The van der Waals surface area contributed by atoms with Gasteiger partial charge in [0.05, 0.1) is 29.3 Å². The summed E-state index contributed by atoms with van der Waals surface area (Å²) < 4.78 is 60.0. The van der Waals surface area contributed by atoms with E-state index in [1.807, 2.05) is 13.0 Å². The summed E-state index contributed by atoms with van der Waals surface area (Å²) in [6, 6.07) is 4.33. The predicted molar refractivity (Wildman–Crippen MR) is 141 cm³/mol. The highest BCUT2D eigenvalue weighted by molar-refractivity contribution is 8.00. The number of aryl methyl sites for hydroxylation is 1. The molecule has 2 aliphatic rings. The molecule has 4 heterocycles. The van der Waals surface area contributed by atoms with Crippen LogP contribution in [0.15, 0.2) is 36.7 Å². The van der Waals surface area contributed by atoms with E-state index in [1.165, 1.54) is 29.8 Å². The first kappa shape index (κ1) is 29.9. The summed E-state index contributed by atoms with van der Waals surface area (Å²) in [6.07, 6.45) is 0.445. The van der Waals surface area contributed by atoms with Crippen molar-refractivity contribution in [3.63, 3.8) is 0 Å². The van der Waals surface area contributed by atoms with Crippen molar-refractivity contribution in [3.05, 3.63) is 65.4 Å². The summed E-state index contributed by atoms with van der Waals surface area (Å²) in [6.45, 7) is 2.10. The first-order valence-corrected chi connectivity index (χ1v) is 14.0. The van der Waals surface area contributed by atoms with Crippen LogP contribution in [0.5, 0.6) is 0 Å². The quantitative estimate of drug-likeness (QED) is 0.334. The highest BCUT2D eigenvalue weighted by Crippen LogP contribution is 2.49. The Morgan fingerprint density at radius 3 is 2.56 bits per heavy atom. The number of benzene rings is 1. The Bertz CT molecular complexity index is 1340. The summed E-state index contributed by atoms with van der Waals surface area (Å²) in [5.74, 6) is -4.36. The molecule has 0 saturated carbocycles. The van der Waals surface area contributed by atoms with Crippen LogP contribution in [-0.2, 0) is 14.2 Å². The number of aliphatic hydroxyl groups excluding tert-OH is 2. The third kappa shape index (κ3) is 5.87. The van der Waals surface area contributed by atoms with Crippen LogP contribution in [0.4, 0.5) is 13.2 Å². The molecule has 14 heteroatoms. The molecule has 0 spiro atoms. The number of nitrogens with zero attached hydrogens (tertiary/aromatic N) is 4. The van der Waals surface area contributed by atoms with E-state index in [0.29, 0.717) is 31.7 Å². The first-order chi connectivity index (χ1) is 19.7. The van der Waals surface area contributed by atoms with Gasteiger partial charge in [0.25, 0.3) is 0 Å². The number of pyridine rings is 1. The fraction of sp³-hybridized carbons (Fsp3) is 0.519. The minimum atomic E-state index is -1.60. The zero-order valence-corrected chi connectivity index (χ0v) is 23.2. The SMILES string of the molecule is CO[C@@H]1[C@@H](n2cc(-c3cc(F)c(F)c(F)c3)nn2)[C@@H](O)[C@@H](CO)O[C@H]1S[C@H](c1ncccc1C)C1(O)CCOCC1. The van der Waals surface area contributed by atoms with Crippen LogP contribution in [0.2, 0.25) is 0 Å². The molecule has 222 valence electrons. The third-order valence-electron chi connectivity index (χ3n) is 7.61. The van der Waals surface area contributed by atoms with Crippen molar-refractivity contribution in [1.29, 1.82) is 0 Å². The van der Waals surface area contributed by atoms with E-state index in [9.17, 15) is 28.5 Å². The van der Waals surface area contributed by atoms with E-state index in [2.05, 4.69) is 15.3 Å². The maximum atomic E-state index is 13.9. The average Bonchev–Trinajstić information content (AvgIpc) is 3.45. The molecule has 5 rings (SSSR count). The summed E-state index contributed by atoms with van der Waals surface area (Å²) >= 11 is 1.26. The smallest absolute Gasteiger partial charge is 0.194 e. The van der Waals surface area contributed by atoms with Gasteiger partial charge in [0.1, 0.15) is 35.5 Å². The van der Waals surface area contributed by atoms with Crippen molar-refractivity contribution in [2.24, 2.45) is 0 Å². The number of aliphatic hydroxyl groups is 3. The molecular weight excluding hydrogens is 565 g/mol. The van der Waals surface area contributed by atoms with E-state index in [-0.39, 0.29) is 11.3 Å². The molecule has 2 aliphatic heterocycles. The van der Waals surface area contributed by atoms with Crippen molar-refractivity contribution in [3.8, 4) is 11.3 Å². The Morgan fingerprint density at radius 1 is 1.22 bits per heavy atom. The van der Waals surface area contributed by atoms with Crippen LogP contribution >= 0.6 is 11.8 Å². The topological polar surface area (TPSA) is 132 Å². The number of aromatic nitrogens is 4. The molecule has 2 aromatic heterocycles. The molecule has 2 fully saturated rings. The Morgan fingerprint density at radius 2 is 1.93 bits per heavy atom. The monoisotopic (exact) mass is 596 g/mol. The van der Waals surface area contributed by atoms with Gasteiger partial charge in [-0.25, -0.2) is 17.9 Å². The van der Waals surface area contributed by atoms with Crippen molar-refractivity contribution >= 4 is 11.8 Å². The van der Waals surface area contributed by atoms with E-state index in [1.54, 1.807) is 12.3 Å². The number of hydrogen-bond donors (Lipinski definition) is 3.